The van der Waals surface area contributed by atoms with Crippen LogP contribution >= 0.6 is 0 Å². The first-order chi connectivity index (χ1) is 10.7. The molecule has 0 saturated carbocycles. The van der Waals surface area contributed by atoms with E-state index in [1.807, 2.05) is 0 Å². The Morgan fingerprint density at radius 1 is 1.30 bits per heavy atom. The molecule has 0 aliphatic carbocycles. The Hall–Kier alpha value is -1.71. The lowest BCUT2D eigenvalue weighted by atomic mass is 9.77. The molecule has 23 heavy (non-hydrogen) atoms. The third kappa shape index (κ3) is 2.58. The van der Waals surface area contributed by atoms with E-state index in [9.17, 15) is 9.90 Å². The minimum Gasteiger partial charge on any atom is -0.465 e. The molecule has 1 N–H and O–H groups in total. The van der Waals surface area contributed by atoms with Gasteiger partial charge in [0.1, 0.15) is 0 Å². The molecule has 0 spiro atoms. The first-order valence-corrected chi connectivity index (χ1v) is 8.60. The molecule has 2 aliphatic heterocycles. The van der Waals surface area contributed by atoms with Crippen LogP contribution in [-0.4, -0.2) is 41.3 Å². The second kappa shape index (κ2) is 5.43. The molecule has 1 aromatic carbocycles. The maximum atomic E-state index is 11.6. The van der Waals surface area contributed by atoms with Crippen molar-refractivity contribution >= 4 is 11.8 Å². The van der Waals surface area contributed by atoms with Gasteiger partial charge in [0.05, 0.1) is 0 Å². The summed E-state index contributed by atoms with van der Waals surface area (Å²) < 4.78 is 0. The number of rotatable bonds is 1. The summed E-state index contributed by atoms with van der Waals surface area (Å²) >= 11 is 0. The van der Waals surface area contributed by atoms with Crippen molar-refractivity contribution in [2.45, 2.75) is 59.0 Å². The van der Waals surface area contributed by atoms with Crippen LogP contribution < -0.4 is 4.90 Å². The van der Waals surface area contributed by atoms with E-state index in [2.05, 4.69) is 57.7 Å². The van der Waals surface area contributed by atoms with Gasteiger partial charge in [-0.2, -0.15) is 0 Å². The van der Waals surface area contributed by atoms with E-state index in [0.29, 0.717) is 25.2 Å². The highest BCUT2D eigenvalue weighted by molar-refractivity contribution is 5.69. The highest BCUT2D eigenvalue weighted by Gasteiger charge is 2.48. The lowest BCUT2D eigenvalue weighted by molar-refractivity contribution is 0.137. The van der Waals surface area contributed by atoms with E-state index < -0.39 is 6.09 Å². The van der Waals surface area contributed by atoms with Crippen molar-refractivity contribution in [1.82, 2.24) is 4.90 Å². The molecule has 0 aromatic heterocycles. The second-order valence-electron chi connectivity index (χ2n) is 8.25. The molecular formula is C19H28N2O2. The third-order valence-electron chi connectivity index (χ3n) is 5.29. The van der Waals surface area contributed by atoms with Gasteiger partial charge in [-0.15, -0.1) is 0 Å². The van der Waals surface area contributed by atoms with Crippen molar-refractivity contribution in [2.24, 2.45) is 5.41 Å². The lowest BCUT2D eigenvalue weighted by Gasteiger charge is -2.42. The monoisotopic (exact) mass is 316 g/mol. The zero-order valence-electron chi connectivity index (χ0n) is 14.8. The summed E-state index contributed by atoms with van der Waals surface area (Å²) in [6, 6.07) is 7.24. The normalized spacial score (nSPS) is 23.9. The van der Waals surface area contributed by atoms with Crippen LogP contribution in [0.5, 0.6) is 0 Å². The topological polar surface area (TPSA) is 43.8 Å². The lowest BCUT2D eigenvalue weighted by Crippen LogP contribution is -2.49. The van der Waals surface area contributed by atoms with E-state index in [-0.39, 0.29) is 11.3 Å². The molecule has 1 amide bonds. The first-order valence-electron chi connectivity index (χ1n) is 8.60. The van der Waals surface area contributed by atoms with Crippen LogP contribution in [0.15, 0.2) is 18.2 Å². The minimum atomic E-state index is -0.796. The molecule has 0 fully saturated rings. The highest BCUT2D eigenvalue weighted by atomic mass is 16.4. The fourth-order valence-electron chi connectivity index (χ4n) is 4.54. The quantitative estimate of drug-likeness (QED) is 0.853. The first kappa shape index (κ1) is 16.2. The van der Waals surface area contributed by atoms with Crippen molar-refractivity contribution in [1.29, 1.82) is 0 Å². The van der Waals surface area contributed by atoms with Crippen LogP contribution in [0, 0.1) is 5.41 Å². The van der Waals surface area contributed by atoms with Crippen LogP contribution in [-0.2, 0) is 6.42 Å². The van der Waals surface area contributed by atoms with E-state index in [4.69, 9.17) is 0 Å². The molecule has 0 radical (unpaired) electrons. The summed E-state index contributed by atoms with van der Waals surface area (Å²) in [5, 5.41) is 9.55. The summed E-state index contributed by atoms with van der Waals surface area (Å²) in [6.07, 6.45) is 0.0180. The molecule has 4 heteroatoms. The van der Waals surface area contributed by atoms with Crippen LogP contribution in [0.3, 0.4) is 0 Å². The number of hydrogen-bond acceptors (Lipinski definition) is 2. The zero-order chi connectivity index (χ0) is 16.9. The van der Waals surface area contributed by atoms with Gasteiger partial charge in [-0.3, -0.25) is 0 Å². The highest BCUT2D eigenvalue weighted by Crippen LogP contribution is 2.50. The predicted octanol–water partition coefficient (Wildman–Crippen LogP) is 3.95. The van der Waals surface area contributed by atoms with Crippen molar-refractivity contribution in [3.63, 3.8) is 0 Å². The van der Waals surface area contributed by atoms with Crippen molar-refractivity contribution in [3.8, 4) is 0 Å². The molecule has 0 saturated heterocycles. The molecule has 126 valence electrons. The Balaban J connectivity index is 2.16. The van der Waals surface area contributed by atoms with E-state index in [1.165, 1.54) is 16.8 Å². The molecule has 1 aromatic rings. The van der Waals surface area contributed by atoms with Gasteiger partial charge in [0.2, 0.25) is 0 Å². The molecule has 2 heterocycles. The van der Waals surface area contributed by atoms with Gasteiger partial charge >= 0.3 is 6.09 Å². The Labute approximate surface area is 139 Å². The van der Waals surface area contributed by atoms with Crippen LogP contribution in [0.25, 0.3) is 0 Å². The summed E-state index contributed by atoms with van der Waals surface area (Å²) in [6.45, 7) is 12.5. The van der Waals surface area contributed by atoms with Crippen LogP contribution in [0.1, 0.15) is 51.7 Å². The molecule has 3 rings (SSSR count). The molecule has 2 atom stereocenters. The van der Waals surface area contributed by atoms with Crippen molar-refractivity contribution in [3.05, 3.63) is 29.3 Å². The van der Waals surface area contributed by atoms with Gasteiger partial charge in [0.15, 0.2) is 0 Å². The Morgan fingerprint density at radius 3 is 2.57 bits per heavy atom. The Morgan fingerprint density at radius 2 is 2.00 bits per heavy atom. The number of benzene rings is 1. The fourth-order valence-corrected chi connectivity index (χ4v) is 4.54. The molecule has 4 nitrogen and oxygen atoms in total. The molecule has 2 aliphatic rings. The zero-order valence-corrected chi connectivity index (χ0v) is 14.8. The number of anilines is 1. The largest absolute Gasteiger partial charge is 0.465 e. The number of carboxylic acid groups (broad SMARTS) is 1. The van der Waals surface area contributed by atoms with Gasteiger partial charge in [-0.25, -0.2) is 4.79 Å². The number of nitrogens with zero attached hydrogens (tertiary/aromatic N) is 2. The maximum Gasteiger partial charge on any atom is 0.407 e. The van der Waals surface area contributed by atoms with Gasteiger partial charge in [-0.1, -0.05) is 32.9 Å². The Bertz CT molecular complexity index is 618. The van der Waals surface area contributed by atoms with Gasteiger partial charge in [0.25, 0.3) is 0 Å². The summed E-state index contributed by atoms with van der Waals surface area (Å²) in [7, 11) is 0. The molecule has 0 bridgehead atoms. The van der Waals surface area contributed by atoms with Crippen LogP contribution in [0.2, 0.25) is 0 Å². The van der Waals surface area contributed by atoms with Crippen molar-refractivity contribution in [2.75, 3.05) is 18.0 Å². The number of carbonyl (C=O) groups is 1. The second-order valence-corrected chi connectivity index (χ2v) is 8.25. The van der Waals surface area contributed by atoms with Crippen molar-refractivity contribution < 1.29 is 9.90 Å². The number of hydrogen-bond donors (Lipinski definition) is 1. The predicted molar refractivity (Wildman–Crippen MR) is 93.3 cm³/mol. The summed E-state index contributed by atoms with van der Waals surface area (Å²) in [4.78, 5) is 15.8. The van der Waals surface area contributed by atoms with Gasteiger partial charge in [-0.05, 0) is 42.9 Å². The van der Waals surface area contributed by atoms with E-state index in [0.717, 1.165) is 6.42 Å². The smallest absolute Gasteiger partial charge is 0.407 e. The van der Waals surface area contributed by atoms with Gasteiger partial charge < -0.3 is 14.9 Å². The van der Waals surface area contributed by atoms with E-state index >= 15 is 0 Å². The average Bonchev–Trinajstić information content (AvgIpc) is 2.65. The average molecular weight is 316 g/mol. The van der Waals surface area contributed by atoms with Crippen LogP contribution in [0.4, 0.5) is 10.5 Å². The van der Waals surface area contributed by atoms with E-state index in [1.54, 1.807) is 4.90 Å². The molecule has 1 unspecified atom stereocenters. The SMILES string of the molecule is CC(C)N1c2cccc3c2[C@H](CN(C(=O)O)CC3)C1C(C)(C)C. The summed E-state index contributed by atoms with van der Waals surface area (Å²) in [5.41, 5.74) is 4.12. The fraction of sp³-hybridized carbons (Fsp3) is 0.632. The van der Waals surface area contributed by atoms with Gasteiger partial charge in [0, 0.05) is 36.8 Å². The third-order valence-corrected chi connectivity index (χ3v) is 5.29. The minimum absolute atomic E-state index is 0.0831. The maximum absolute atomic E-state index is 11.6. The standard InChI is InChI=1S/C19H28N2O2/c1-12(2)21-15-8-6-7-13-9-10-20(18(22)23)11-14(16(13)15)17(21)19(3,4)5/h6-8,12,14,17H,9-11H2,1-5H3,(H,22,23)/t14-,17?/m0/s1. The molecular weight excluding hydrogens is 288 g/mol. The number of amides is 1. The summed E-state index contributed by atoms with van der Waals surface area (Å²) in [5.74, 6) is 0.252. The Kier molecular flexibility index (Phi) is 3.81.